The molecule has 27 heavy (non-hydrogen) atoms. The molecule has 0 amide bonds. The van der Waals surface area contributed by atoms with E-state index < -0.39 is 6.36 Å². The van der Waals surface area contributed by atoms with Crippen LogP contribution in [0, 0.1) is 12.3 Å². The van der Waals surface area contributed by atoms with Gasteiger partial charge < -0.3 is 9.47 Å². The quantitative estimate of drug-likeness (QED) is 0.529. The van der Waals surface area contributed by atoms with Crippen molar-refractivity contribution in [3.8, 4) is 35.0 Å². The highest BCUT2D eigenvalue weighted by molar-refractivity contribution is 5.68. The summed E-state index contributed by atoms with van der Waals surface area (Å²) >= 11 is 0. The Morgan fingerprint density at radius 3 is 2.26 bits per heavy atom. The first kappa shape index (κ1) is 18.4. The summed E-state index contributed by atoms with van der Waals surface area (Å²) in [6.45, 7) is 0.386. The van der Waals surface area contributed by atoms with Crippen molar-refractivity contribution >= 4 is 0 Å². The van der Waals surface area contributed by atoms with E-state index >= 15 is 0 Å². The van der Waals surface area contributed by atoms with E-state index in [0.717, 1.165) is 5.56 Å². The van der Waals surface area contributed by atoms with Gasteiger partial charge in [-0.25, -0.2) is 0 Å². The van der Waals surface area contributed by atoms with Crippen LogP contribution in [0.1, 0.15) is 11.1 Å². The number of hydrogen-bond acceptors (Lipinski definition) is 2. The summed E-state index contributed by atoms with van der Waals surface area (Å²) in [6, 6.07) is 20.8. The predicted molar refractivity (Wildman–Crippen MR) is 97.3 cm³/mol. The number of benzene rings is 3. The van der Waals surface area contributed by atoms with Crippen molar-refractivity contribution in [1.82, 2.24) is 0 Å². The van der Waals surface area contributed by atoms with Crippen molar-refractivity contribution in [3.05, 3.63) is 83.9 Å². The van der Waals surface area contributed by atoms with Gasteiger partial charge in [-0.05, 0) is 47.0 Å². The molecule has 0 saturated carbocycles. The lowest BCUT2D eigenvalue weighted by Gasteiger charge is -2.12. The SMILES string of the molecule is C#Cc1cc(OC(F)(F)F)cc(-c2cccc(OCc3ccccc3)c2)c1. The lowest BCUT2D eigenvalue weighted by atomic mass is 10.0. The van der Waals surface area contributed by atoms with Crippen LogP contribution in [0.4, 0.5) is 13.2 Å². The van der Waals surface area contributed by atoms with Crippen molar-refractivity contribution in [2.45, 2.75) is 13.0 Å². The van der Waals surface area contributed by atoms with Gasteiger partial charge in [0, 0.05) is 5.56 Å². The molecule has 0 spiro atoms. The van der Waals surface area contributed by atoms with Gasteiger partial charge in [-0.1, -0.05) is 48.4 Å². The number of rotatable bonds is 5. The van der Waals surface area contributed by atoms with Crippen molar-refractivity contribution in [2.24, 2.45) is 0 Å². The summed E-state index contributed by atoms with van der Waals surface area (Å²) in [7, 11) is 0. The molecule has 0 aliphatic heterocycles. The van der Waals surface area contributed by atoms with E-state index in [0.29, 0.717) is 29.0 Å². The Hall–Kier alpha value is -3.39. The average Bonchev–Trinajstić information content (AvgIpc) is 2.66. The second-order valence-electron chi connectivity index (χ2n) is 5.74. The Morgan fingerprint density at radius 2 is 1.56 bits per heavy atom. The van der Waals surface area contributed by atoms with Crippen LogP contribution in [-0.2, 0) is 6.61 Å². The Morgan fingerprint density at radius 1 is 0.815 bits per heavy atom. The number of halogens is 3. The molecule has 5 heteroatoms. The highest BCUT2D eigenvalue weighted by Crippen LogP contribution is 2.31. The van der Waals surface area contributed by atoms with Crippen LogP contribution in [0.3, 0.4) is 0 Å². The average molecular weight is 368 g/mol. The minimum Gasteiger partial charge on any atom is -0.489 e. The van der Waals surface area contributed by atoms with Gasteiger partial charge in [-0.3, -0.25) is 0 Å². The van der Waals surface area contributed by atoms with Crippen LogP contribution in [0.15, 0.2) is 72.8 Å². The van der Waals surface area contributed by atoms with Gasteiger partial charge >= 0.3 is 6.36 Å². The fourth-order valence-electron chi connectivity index (χ4n) is 2.55. The van der Waals surface area contributed by atoms with Gasteiger partial charge in [0.2, 0.25) is 0 Å². The van der Waals surface area contributed by atoms with Crippen LogP contribution in [0.2, 0.25) is 0 Å². The number of terminal acetylenes is 1. The third kappa shape index (κ3) is 5.29. The molecule has 2 nitrogen and oxygen atoms in total. The van der Waals surface area contributed by atoms with Crippen LogP contribution >= 0.6 is 0 Å². The summed E-state index contributed by atoms with van der Waals surface area (Å²) in [6.07, 6.45) is 0.573. The molecule has 0 aliphatic rings. The zero-order valence-corrected chi connectivity index (χ0v) is 14.2. The largest absolute Gasteiger partial charge is 0.573 e. The van der Waals surface area contributed by atoms with E-state index in [9.17, 15) is 13.2 Å². The standard InChI is InChI=1S/C22H15F3O2/c1-2-16-11-19(14-21(12-16)27-22(23,24)25)18-9-6-10-20(13-18)26-15-17-7-4-3-5-8-17/h1,3-14H,15H2. The molecule has 0 aliphatic carbocycles. The maximum absolute atomic E-state index is 12.5. The molecule has 3 aromatic carbocycles. The topological polar surface area (TPSA) is 18.5 Å². The summed E-state index contributed by atoms with van der Waals surface area (Å²) in [5.41, 5.74) is 2.49. The zero-order chi connectivity index (χ0) is 19.3. The number of ether oxygens (including phenoxy) is 2. The highest BCUT2D eigenvalue weighted by Gasteiger charge is 2.31. The molecule has 3 aromatic rings. The van der Waals surface area contributed by atoms with Gasteiger partial charge in [0.25, 0.3) is 0 Å². The van der Waals surface area contributed by atoms with Crippen molar-refractivity contribution < 1.29 is 22.6 Å². The Bertz CT molecular complexity index is 957. The number of alkyl halides is 3. The molecular formula is C22H15F3O2. The van der Waals surface area contributed by atoms with Crippen molar-refractivity contribution in [3.63, 3.8) is 0 Å². The van der Waals surface area contributed by atoms with E-state index in [1.165, 1.54) is 12.1 Å². The molecule has 0 N–H and O–H groups in total. The molecule has 0 heterocycles. The fraction of sp³-hybridized carbons (Fsp3) is 0.0909. The van der Waals surface area contributed by atoms with E-state index in [1.807, 2.05) is 30.3 Å². The summed E-state index contributed by atoms with van der Waals surface area (Å²) in [5.74, 6) is 2.59. The molecule has 0 saturated heterocycles. The van der Waals surface area contributed by atoms with Gasteiger partial charge in [0.15, 0.2) is 0 Å². The third-order valence-electron chi connectivity index (χ3n) is 3.72. The second-order valence-corrected chi connectivity index (χ2v) is 5.74. The van der Waals surface area contributed by atoms with E-state index in [4.69, 9.17) is 11.2 Å². The fourth-order valence-corrected chi connectivity index (χ4v) is 2.55. The molecule has 0 aromatic heterocycles. The van der Waals surface area contributed by atoms with Gasteiger partial charge in [0.1, 0.15) is 18.1 Å². The van der Waals surface area contributed by atoms with Gasteiger partial charge in [-0.15, -0.1) is 19.6 Å². The normalized spacial score (nSPS) is 10.9. The Kier molecular flexibility index (Phi) is 5.37. The molecule has 0 radical (unpaired) electrons. The first-order valence-corrected chi connectivity index (χ1v) is 8.07. The maximum Gasteiger partial charge on any atom is 0.573 e. The molecule has 0 fully saturated rings. The Labute approximate surface area is 155 Å². The van der Waals surface area contributed by atoms with Gasteiger partial charge in [0.05, 0.1) is 0 Å². The van der Waals surface area contributed by atoms with Crippen molar-refractivity contribution in [1.29, 1.82) is 0 Å². The van der Waals surface area contributed by atoms with E-state index in [1.54, 1.807) is 30.3 Å². The highest BCUT2D eigenvalue weighted by atomic mass is 19.4. The lowest BCUT2D eigenvalue weighted by molar-refractivity contribution is -0.274. The van der Waals surface area contributed by atoms with Crippen LogP contribution in [-0.4, -0.2) is 6.36 Å². The summed E-state index contributed by atoms with van der Waals surface area (Å²) in [4.78, 5) is 0. The van der Waals surface area contributed by atoms with Crippen LogP contribution < -0.4 is 9.47 Å². The Balaban J connectivity index is 1.85. The molecule has 0 atom stereocenters. The molecule has 136 valence electrons. The first-order valence-electron chi connectivity index (χ1n) is 8.07. The summed E-state index contributed by atoms with van der Waals surface area (Å²) in [5, 5.41) is 0. The summed E-state index contributed by atoms with van der Waals surface area (Å²) < 4.78 is 47.4. The maximum atomic E-state index is 12.5. The van der Waals surface area contributed by atoms with Gasteiger partial charge in [-0.2, -0.15) is 0 Å². The monoisotopic (exact) mass is 368 g/mol. The molecule has 3 rings (SSSR count). The molecule has 0 unspecified atom stereocenters. The second kappa shape index (κ2) is 7.88. The zero-order valence-electron chi connectivity index (χ0n) is 14.2. The van der Waals surface area contributed by atoms with Crippen LogP contribution in [0.25, 0.3) is 11.1 Å². The lowest BCUT2D eigenvalue weighted by Crippen LogP contribution is -2.17. The predicted octanol–water partition coefficient (Wildman–Crippen LogP) is 5.81. The van der Waals surface area contributed by atoms with Crippen molar-refractivity contribution in [2.75, 3.05) is 0 Å². The van der Waals surface area contributed by atoms with E-state index in [-0.39, 0.29) is 5.75 Å². The third-order valence-corrected chi connectivity index (χ3v) is 3.72. The first-order chi connectivity index (χ1) is 12.9. The van der Waals surface area contributed by atoms with E-state index in [2.05, 4.69) is 10.7 Å². The minimum absolute atomic E-state index is 0.294. The van der Waals surface area contributed by atoms with Crippen LogP contribution in [0.5, 0.6) is 11.5 Å². The number of hydrogen-bond donors (Lipinski definition) is 0. The molecule has 0 bridgehead atoms. The minimum atomic E-state index is -4.79. The smallest absolute Gasteiger partial charge is 0.489 e. The molecular weight excluding hydrogens is 353 g/mol.